The Morgan fingerprint density at radius 1 is 1.00 bits per heavy atom. The third kappa shape index (κ3) is 4.23. The molecule has 1 saturated heterocycles. The van der Waals surface area contributed by atoms with E-state index in [-0.39, 0.29) is 5.56 Å². The molecule has 1 aromatic carbocycles. The molecule has 1 aliphatic heterocycles. The first-order chi connectivity index (χ1) is 15.7. The van der Waals surface area contributed by atoms with Crippen LogP contribution in [0.1, 0.15) is 0 Å². The number of pyridine rings is 3. The van der Waals surface area contributed by atoms with Gasteiger partial charge in [0.2, 0.25) is 0 Å². The number of hydrogen-bond donors (Lipinski definition) is 3. The monoisotopic (exact) mass is 432 g/mol. The predicted octanol–water partition coefficient (Wildman–Crippen LogP) is 3.78. The van der Waals surface area contributed by atoms with Gasteiger partial charge >= 0.3 is 0 Å². The molecule has 0 radical (unpaired) electrons. The van der Waals surface area contributed by atoms with Crippen LogP contribution in [0.25, 0.3) is 10.8 Å². The molecular formula is C23H21FN6O2. The third-order valence-electron chi connectivity index (χ3n) is 5.24. The minimum Gasteiger partial charge on any atom is -0.378 e. The van der Waals surface area contributed by atoms with E-state index in [2.05, 4.69) is 30.5 Å². The van der Waals surface area contributed by atoms with Crippen LogP contribution in [0, 0.1) is 5.82 Å². The number of hydrogen-bond acceptors (Lipinski definition) is 7. The van der Waals surface area contributed by atoms with E-state index < -0.39 is 5.82 Å². The second kappa shape index (κ2) is 8.64. The SMILES string of the molecule is O=c1[nH]ccc2cc(Nc3ccc(F)cn3)nc(Nc3ccc(N4CCOCC4)cc3)c12. The van der Waals surface area contributed by atoms with E-state index in [4.69, 9.17) is 4.74 Å². The van der Waals surface area contributed by atoms with Gasteiger partial charge in [-0.15, -0.1) is 0 Å². The number of H-pyrrole nitrogens is 1. The molecule has 9 heteroatoms. The number of morpholine rings is 1. The first-order valence-electron chi connectivity index (χ1n) is 10.3. The number of anilines is 5. The van der Waals surface area contributed by atoms with Crippen LogP contribution in [0.15, 0.2) is 65.7 Å². The maximum atomic E-state index is 13.2. The van der Waals surface area contributed by atoms with Gasteiger partial charge in [-0.2, -0.15) is 0 Å². The summed E-state index contributed by atoms with van der Waals surface area (Å²) in [5, 5.41) is 7.48. The van der Waals surface area contributed by atoms with Gasteiger partial charge in [-0.05, 0) is 53.9 Å². The first kappa shape index (κ1) is 20.0. The fourth-order valence-electron chi connectivity index (χ4n) is 3.66. The molecule has 5 rings (SSSR count). The van der Waals surface area contributed by atoms with Crippen molar-refractivity contribution < 1.29 is 9.13 Å². The quantitative estimate of drug-likeness (QED) is 0.442. The molecule has 0 aliphatic carbocycles. The summed E-state index contributed by atoms with van der Waals surface area (Å²) < 4.78 is 18.6. The van der Waals surface area contributed by atoms with E-state index in [1.807, 2.05) is 24.3 Å². The summed E-state index contributed by atoms with van der Waals surface area (Å²) in [7, 11) is 0. The van der Waals surface area contributed by atoms with Crippen LogP contribution >= 0.6 is 0 Å². The van der Waals surface area contributed by atoms with Crippen LogP contribution in [-0.4, -0.2) is 41.3 Å². The number of rotatable bonds is 5. The van der Waals surface area contributed by atoms with Crippen molar-refractivity contribution in [2.75, 3.05) is 41.8 Å². The number of halogens is 1. The molecule has 0 bridgehead atoms. The van der Waals surface area contributed by atoms with Gasteiger partial charge in [0.1, 0.15) is 23.3 Å². The highest BCUT2D eigenvalue weighted by Gasteiger charge is 2.13. The van der Waals surface area contributed by atoms with Crippen molar-refractivity contribution in [2.45, 2.75) is 0 Å². The normalized spacial score (nSPS) is 13.8. The molecule has 32 heavy (non-hydrogen) atoms. The van der Waals surface area contributed by atoms with Crippen LogP contribution < -0.4 is 21.1 Å². The molecule has 3 N–H and O–H groups in total. The van der Waals surface area contributed by atoms with E-state index in [9.17, 15) is 9.18 Å². The van der Waals surface area contributed by atoms with Crippen molar-refractivity contribution in [2.24, 2.45) is 0 Å². The molecule has 1 fully saturated rings. The van der Waals surface area contributed by atoms with Crippen LogP contribution in [0.3, 0.4) is 0 Å². The smallest absolute Gasteiger partial charge is 0.259 e. The number of aromatic amines is 1. The molecule has 3 aromatic heterocycles. The Labute approximate surface area is 183 Å². The van der Waals surface area contributed by atoms with Gasteiger partial charge < -0.3 is 25.3 Å². The van der Waals surface area contributed by atoms with Gasteiger partial charge in [0.05, 0.1) is 24.8 Å². The fraction of sp³-hybridized carbons (Fsp3) is 0.174. The third-order valence-corrected chi connectivity index (χ3v) is 5.24. The van der Waals surface area contributed by atoms with Crippen molar-refractivity contribution >= 4 is 39.6 Å². The zero-order valence-electron chi connectivity index (χ0n) is 17.1. The summed E-state index contributed by atoms with van der Waals surface area (Å²) in [6.45, 7) is 3.17. The second-order valence-corrected chi connectivity index (χ2v) is 7.39. The van der Waals surface area contributed by atoms with Gasteiger partial charge in [0.25, 0.3) is 5.56 Å². The van der Waals surface area contributed by atoms with Crippen molar-refractivity contribution in [3.05, 3.63) is 77.1 Å². The zero-order chi connectivity index (χ0) is 21.9. The molecule has 4 heterocycles. The van der Waals surface area contributed by atoms with Gasteiger partial charge in [-0.25, -0.2) is 14.4 Å². The molecular weight excluding hydrogens is 411 g/mol. The highest BCUT2D eigenvalue weighted by atomic mass is 19.1. The molecule has 0 atom stereocenters. The average Bonchev–Trinajstić information content (AvgIpc) is 2.82. The Morgan fingerprint density at radius 3 is 2.56 bits per heavy atom. The van der Waals surface area contributed by atoms with E-state index >= 15 is 0 Å². The van der Waals surface area contributed by atoms with E-state index in [0.29, 0.717) is 28.2 Å². The zero-order valence-corrected chi connectivity index (χ0v) is 17.1. The largest absolute Gasteiger partial charge is 0.378 e. The Morgan fingerprint density at radius 2 is 1.81 bits per heavy atom. The van der Waals surface area contributed by atoms with Gasteiger partial charge in [-0.1, -0.05) is 0 Å². The minimum atomic E-state index is -0.420. The molecule has 1 aliphatic rings. The molecule has 0 spiro atoms. The van der Waals surface area contributed by atoms with Crippen molar-refractivity contribution in [1.82, 2.24) is 15.0 Å². The van der Waals surface area contributed by atoms with E-state index in [1.165, 1.54) is 12.1 Å². The molecule has 4 aromatic rings. The maximum absolute atomic E-state index is 13.2. The maximum Gasteiger partial charge on any atom is 0.259 e. The first-order valence-corrected chi connectivity index (χ1v) is 10.3. The standard InChI is InChI=1S/C23H21FN6O2/c24-16-1-6-19(26-14-16)28-20-13-15-7-8-25-23(31)21(15)22(29-20)27-17-2-4-18(5-3-17)30-9-11-32-12-10-30/h1-8,13-14H,9-12H2,(H,25,31)(H2,26,27,28,29). The number of nitrogens with zero attached hydrogens (tertiary/aromatic N) is 3. The Hall–Kier alpha value is -3.98. The number of fused-ring (bicyclic) bond motifs is 1. The summed E-state index contributed by atoms with van der Waals surface area (Å²) >= 11 is 0. The summed E-state index contributed by atoms with van der Waals surface area (Å²) in [6, 6.07) is 14.4. The molecule has 0 amide bonds. The highest BCUT2D eigenvalue weighted by Crippen LogP contribution is 2.27. The van der Waals surface area contributed by atoms with Crippen LogP contribution in [0.5, 0.6) is 0 Å². The molecule has 162 valence electrons. The summed E-state index contributed by atoms with van der Waals surface area (Å²) in [5.41, 5.74) is 1.68. The number of ether oxygens (including phenoxy) is 1. The summed E-state index contributed by atoms with van der Waals surface area (Å²) in [4.78, 5) is 26.1. The number of aromatic nitrogens is 3. The lowest BCUT2D eigenvalue weighted by Crippen LogP contribution is -2.36. The van der Waals surface area contributed by atoms with Crippen molar-refractivity contribution in [1.29, 1.82) is 0 Å². The van der Waals surface area contributed by atoms with Gasteiger partial charge in [0, 0.05) is 30.7 Å². The van der Waals surface area contributed by atoms with Crippen LogP contribution in [0.4, 0.5) is 33.2 Å². The molecule has 8 nitrogen and oxygen atoms in total. The summed E-state index contributed by atoms with van der Waals surface area (Å²) in [5.74, 6) is 0.920. The molecule has 0 saturated carbocycles. The topological polar surface area (TPSA) is 95.2 Å². The number of nitrogens with one attached hydrogen (secondary N) is 3. The highest BCUT2D eigenvalue weighted by molar-refractivity contribution is 5.94. The second-order valence-electron chi connectivity index (χ2n) is 7.39. The van der Waals surface area contributed by atoms with E-state index in [1.54, 1.807) is 18.3 Å². The van der Waals surface area contributed by atoms with Crippen molar-refractivity contribution in [3.63, 3.8) is 0 Å². The van der Waals surface area contributed by atoms with Crippen molar-refractivity contribution in [3.8, 4) is 0 Å². The Kier molecular flexibility index (Phi) is 5.39. The Bertz CT molecular complexity index is 1280. The molecule has 0 unspecified atom stereocenters. The van der Waals surface area contributed by atoms with Crippen LogP contribution in [-0.2, 0) is 4.74 Å². The fourth-order valence-corrected chi connectivity index (χ4v) is 3.66. The summed E-state index contributed by atoms with van der Waals surface area (Å²) in [6.07, 6.45) is 2.72. The lowest BCUT2D eigenvalue weighted by molar-refractivity contribution is 0.122. The lowest BCUT2D eigenvalue weighted by atomic mass is 10.2. The van der Waals surface area contributed by atoms with Crippen LogP contribution in [0.2, 0.25) is 0 Å². The van der Waals surface area contributed by atoms with E-state index in [0.717, 1.165) is 43.9 Å². The van der Waals surface area contributed by atoms with Gasteiger partial charge in [-0.3, -0.25) is 4.79 Å². The lowest BCUT2D eigenvalue weighted by Gasteiger charge is -2.28. The minimum absolute atomic E-state index is 0.242. The number of benzene rings is 1. The average molecular weight is 432 g/mol. The predicted molar refractivity (Wildman–Crippen MR) is 123 cm³/mol. The van der Waals surface area contributed by atoms with Gasteiger partial charge in [0.15, 0.2) is 0 Å². The Balaban J connectivity index is 1.46.